The van der Waals surface area contributed by atoms with Gasteiger partial charge in [-0.3, -0.25) is 8.98 Å². The molecule has 4 N–H and O–H groups in total. The first-order valence-corrected chi connectivity index (χ1v) is 13.7. The fourth-order valence-corrected chi connectivity index (χ4v) is 5.08. The number of phenols is 1. The van der Waals surface area contributed by atoms with Crippen LogP contribution in [0.1, 0.15) is 56.4 Å². The van der Waals surface area contributed by atoms with E-state index in [0.717, 1.165) is 12.8 Å². The second-order valence-electron chi connectivity index (χ2n) is 8.72. The number of anilines is 1. The van der Waals surface area contributed by atoms with E-state index in [1.807, 2.05) is 9.29 Å². The maximum absolute atomic E-state index is 12.1. The number of hydrogen-bond acceptors (Lipinski definition) is 10. The molecule has 13 heteroatoms. The van der Waals surface area contributed by atoms with Gasteiger partial charge in [0.15, 0.2) is 11.5 Å². The molecule has 1 aliphatic rings. The second-order valence-corrected chi connectivity index (χ2v) is 10.1. The number of nitrogens with one attached hydrogen (secondary N) is 1. The van der Waals surface area contributed by atoms with Crippen LogP contribution in [0.4, 0.5) is 5.82 Å². The van der Waals surface area contributed by atoms with Crippen LogP contribution in [0.5, 0.6) is 5.75 Å². The summed E-state index contributed by atoms with van der Waals surface area (Å²) in [7, 11) is -4.31. The van der Waals surface area contributed by atoms with Crippen molar-refractivity contribution in [2.75, 3.05) is 32.0 Å². The lowest BCUT2D eigenvalue weighted by Crippen LogP contribution is -2.33. The Morgan fingerprint density at radius 3 is 2.51 bits per heavy atom. The van der Waals surface area contributed by atoms with E-state index in [9.17, 15) is 18.3 Å². The van der Waals surface area contributed by atoms with Crippen molar-refractivity contribution in [2.45, 2.75) is 46.1 Å². The highest BCUT2D eigenvalue weighted by molar-refractivity contribution is 7.85. The van der Waals surface area contributed by atoms with Crippen molar-refractivity contribution in [3.63, 3.8) is 0 Å². The molecule has 2 atom stereocenters. The smallest absolute Gasteiger partial charge is 0.362 e. The number of rotatable bonds is 9. The minimum absolute atomic E-state index is 0.0246. The Morgan fingerprint density at radius 1 is 1.16 bits per heavy atom. The van der Waals surface area contributed by atoms with Crippen molar-refractivity contribution < 1.29 is 22.5 Å². The average Bonchev–Trinajstić information content (AvgIpc) is 3.52. The SMILES string of the molecule is CCN(CC)CC.Nc1ncnc2c1ncn2[C@H]1CC[C@@H](COS(=O)(=O)NC(=O)c2ccccc2O)C1. The summed E-state index contributed by atoms with van der Waals surface area (Å²) < 4.78 is 33.0. The predicted molar refractivity (Wildman–Crippen MR) is 140 cm³/mol. The molecule has 1 aromatic carbocycles. The highest BCUT2D eigenvalue weighted by Gasteiger charge is 2.29. The number of fused-ring (bicyclic) bond motifs is 1. The first-order chi connectivity index (χ1) is 17.7. The minimum atomic E-state index is -4.31. The largest absolute Gasteiger partial charge is 0.507 e. The second kappa shape index (κ2) is 12.8. The number of carbonyl (C=O) groups is 1. The summed E-state index contributed by atoms with van der Waals surface area (Å²) in [5, 5.41) is 9.67. The molecule has 2 heterocycles. The molecule has 1 aliphatic carbocycles. The first kappa shape index (κ1) is 28.3. The molecule has 2 aromatic heterocycles. The molecule has 1 amide bonds. The monoisotopic (exact) mass is 533 g/mol. The Hall–Kier alpha value is -3.29. The summed E-state index contributed by atoms with van der Waals surface area (Å²) in [4.78, 5) is 26.9. The Kier molecular flexibility index (Phi) is 9.78. The van der Waals surface area contributed by atoms with E-state index in [0.29, 0.717) is 23.4 Å². The van der Waals surface area contributed by atoms with Gasteiger partial charge in [-0.2, -0.15) is 8.42 Å². The van der Waals surface area contributed by atoms with Gasteiger partial charge in [0.25, 0.3) is 5.91 Å². The van der Waals surface area contributed by atoms with Gasteiger partial charge in [-0.25, -0.2) is 19.7 Å². The molecule has 0 unspecified atom stereocenters. The molecule has 1 saturated carbocycles. The molecule has 1 fully saturated rings. The summed E-state index contributed by atoms with van der Waals surface area (Å²) in [5.74, 6) is -0.994. The van der Waals surface area contributed by atoms with Crippen molar-refractivity contribution in [2.24, 2.45) is 5.92 Å². The topological polar surface area (TPSA) is 166 Å². The maximum Gasteiger partial charge on any atom is 0.362 e. The quantitative estimate of drug-likeness (QED) is 0.372. The third kappa shape index (κ3) is 7.37. The van der Waals surface area contributed by atoms with E-state index in [4.69, 9.17) is 9.92 Å². The summed E-state index contributed by atoms with van der Waals surface area (Å²) >= 11 is 0. The molecule has 0 bridgehead atoms. The summed E-state index contributed by atoms with van der Waals surface area (Å²) in [5.41, 5.74) is 6.83. The molecule has 0 aliphatic heterocycles. The van der Waals surface area contributed by atoms with Gasteiger partial charge in [-0.05, 0) is 56.9 Å². The van der Waals surface area contributed by atoms with Gasteiger partial charge in [0.1, 0.15) is 17.6 Å². The fraction of sp³-hybridized carbons (Fsp3) is 0.500. The number of nitrogens with zero attached hydrogens (tertiary/aromatic N) is 5. The van der Waals surface area contributed by atoms with Gasteiger partial charge in [-0.15, -0.1) is 0 Å². The van der Waals surface area contributed by atoms with Crippen LogP contribution in [0.15, 0.2) is 36.9 Å². The molecular weight excluding hydrogens is 498 g/mol. The number of nitrogens with two attached hydrogens (primary N) is 1. The summed E-state index contributed by atoms with van der Waals surface area (Å²) in [6.07, 6.45) is 5.25. The lowest BCUT2D eigenvalue weighted by Gasteiger charge is -2.14. The van der Waals surface area contributed by atoms with Gasteiger partial charge in [-0.1, -0.05) is 32.9 Å². The highest BCUT2D eigenvalue weighted by Crippen LogP contribution is 2.36. The molecule has 0 spiro atoms. The first-order valence-electron chi connectivity index (χ1n) is 12.3. The molecule has 4 rings (SSSR count). The van der Waals surface area contributed by atoms with Gasteiger partial charge >= 0.3 is 10.3 Å². The van der Waals surface area contributed by atoms with Gasteiger partial charge in [0, 0.05) is 6.04 Å². The van der Waals surface area contributed by atoms with Gasteiger partial charge in [0.2, 0.25) is 0 Å². The number of phenolic OH excluding ortho intramolecular Hbond substituents is 1. The van der Waals surface area contributed by atoms with Crippen LogP contribution in [-0.4, -0.2) is 70.1 Å². The third-order valence-corrected chi connectivity index (χ3v) is 7.34. The average molecular weight is 534 g/mol. The van der Waals surface area contributed by atoms with Gasteiger partial charge < -0.3 is 20.3 Å². The van der Waals surface area contributed by atoms with Crippen LogP contribution in [0.25, 0.3) is 11.2 Å². The van der Waals surface area contributed by atoms with E-state index in [2.05, 4.69) is 40.6 Å². The van der Waals surface area contributed by atoms with Gasteiger partial charge in [0.05, 0.1) is 18.5 Å². The number of aromatic nitrogens is 4. The standard InChI is InChI=1S/C18H20N6O5S.C6H15N/c19-16-15-17(21-9-20-16)24(10-22-15)12-6-5-11(7-12)8-29-30(27,28)23-18(26)13-3-1-2-4-14(13)25;1-4-7(5-2)6-3/h1-4,9-12,25H,5-8H2,(H,23,26)(H2,19,20,21);4-6H2,1-3H3/t11-,12+;/m1./s1. The molecule has 37 heavy (non-hydrogen) atoms. The summed E-state index contributed by atoms with van der Waals surface area (Å²) in [6.45, 7) is 10.1. The molecule has 0 radical (unpaired) electrons. The van der Waals surface area contributed by atoms with E-state index >= 15 is 0 Å². The van der Waals surface area contributed by atoms with Crippen molar-refractivity contribution in [3.8, 4) is 5.75 Å². The zero-order valence-corrected chi connectivity index (χ0v) is 22.2. The predicted octanol–water partition coefficient (Wildman–Crippen LogP) is 2.49. The number of imidazole rings is 1. The number of aromatic hydroxyl groups is 1. The minimum Gasteiger partial charge on any atom is -0.507 e. The van der Waals surface area contributed by atoms with Crippen molar-refractivity contribution in [3.05, 3.63) is 42.5 Å². The van der Waals surface area contributed by atoms with E-state index in [-0.39, 0.29) is 29.9 Å². The highest BCUT2D eigenvalue weighted by atomic mass is 32.2. The van der Waals surface area contributed by atoms with Crippen LogP contribution in [0.2, 0.25) is 0 Å². The van der Waals surface area contributed by atoms with Crippen LogP contribution < -0.4 is 10.5 Å². The zero-order valence-electron chi connectivity index (χ0n) is 21.4. The normalized spacial score (nSPS) is 17.5. The summed E-state index contributed by atoms with van der Waals surface area (Å²) in [6, 6.07) is 5.72. The molecule has 12 nitrogen and oxygen atoms in total. The Balaban J connectivity index is 0.000000479. The van der Waals surface area contributed by atoms with E-state index in [1.54, 1.807) is 6.33 Å². The van der Waals surface area contributed by atoms with Crippen LogP contribution in [0, 0.1) is 5.92 Å². The lowest BCUT2D eigenvalue weighted by molar-refractivity contribution is 0.0972. The van der Waals surface area contributed by atoms with E-state index in [1.165, 1.54) is 50.2 Å². The van der Waals surface area contributed by atoms with Crippen LogP contribution >= 0.6 is 0 Å². The Labute approximate surface area is 217 Å². The van der Waals surface area contributed by atoms with E-state index < -0.39 is 16.2 Å². The molecule has 0 saturated heterocycles. The Morgan fingerprint density at radius 2 is 1.86 bits per heavy atom. The van der Waals surface area contributed by atoms with Crippen molar-refractivity contribution in [1.82, 2.24) is 29.1 Å². The number of carbonyl (C=O) groups excluding carboxylic acids is 1. The zero-order chi connectivity index (χ0) is 27.0. The third-order valence-electron chi connectivity index (χ3n) is 6.46. The van der Waals surface area contributed by atoms with Crippen molar-refractivity contribution >= 4 is 33.2 Å². The molecule has 202 valence electrons. The Bertz CT molecular complexity index is 1290. The van der Waals surface area contributed by atoms with Crippen LogP contribution in [0.3, 0.4) is 0 Å². The fourth-order valence-electron chi connectivity index (χ4n) is 4.31. The number of benzene rings is 1. The molecule has 3 aromatic rings. The lowest BCUT2D eigenvalue weighted by atomic mass is 10.1. The number of para-hydroxylation sites is 1. The number of nitrogen functional groups attached to an aromatic ring is 1. The number of hydrogen-bond donors (Lipinski definition) is 3. The number of amides is 1. The van der Waals surface area contributed by atoms with Crippen molar-refractivity contribution in [1.29, 1.82) is 0 Å². The maximum atomic E-state index is 12.1. The van der Waals surface area contributed by atoms with Crippen LogP contribution in [-0.2, 0) is 14.5 Å². The molecular formula is C24H35N7O5S.